The molecular weight excluding hydrogens is 310 g/mol. The maximum absolute atomic E-state index is 9.74. The van der Waals surface area contributed by atoms with Crippen molar-refractivity contribution in [1.82, 2.24) is 0 Å². The van der Waals surface area contributed by atoms with Crippen LogP contribution in [0.15, 0.2) is 24.3 Å². The van der Waals surface area contributed by atoms with Gasteiger partial charge in [0, 0.05) is 5.56 Å². The van der Waals surface area contributed by atoms with E-state index in [9.17, 15) is 10.5 Å². The molecule has 1 aliphatic rings. The maximum atomic E-state index is 9.74. The molecule has 0 fully saturated rings. The summed E-state index contributed by atoms with van der Waals surface area (Å²) < 4.78 is 5.24. The standard InChI is InChI=1S/C21H21N3O/c1-25-15-10-8-14(9-11-15)20-17-7-5-3-2-4-6-16(17)18(12-22)21(24)19(20)13-23/h8-11H,2-7,24H2,1H3. The Balaban J connectivity index is 2.32. The summed E-state index contributed by atoms with van der Waals surface area (Å²) in [6, 6.07) is 12.2. The Labute approximate surface area is 148 Å². The molecule has 0 amide bonds. The Morgan fingerprint density at radius 1 is 0.880 bits per heavy atom. The second kappa shape index (κ2) is 7.28. The minimum atomic E-state index is 0.315. The molecule has 0 saturated heterocycles. The molecule has 1 aliphatic carbocycles. The zero-order valence-electron chi connectivity index (χ0n) is 14.4. The number of nitrogens with two attached hydrogens (primary N) is 1. The molecule has 126 valence electrons. The maximum Gasteiger partial charge on any atom is 0.118 e. The average Bonchev–Trinajstić information content (AvgIpc) is 2.62. The van der Waals surface area contributed by atoms with Crippen molar-refractivity contribution in [3.05, 3.63) is 46.5 Å². The van der Waals surface area contributed by atoms with Crippen molar-refractivity contribution in [2.75, 3.05) is 12.8 Å². The second-order valence-corrected chi connectivity index (χ2v) is 6.36. The van der Waals surface area contributed by atoms with E-state index < -0.39 is 0 Å². The lowest BCUT2D eigenvalue weighted by molar-refractivity contribution is 0.415. The highest BCUT2D eigenvalue weighted by Crippen LogP contribution is 2.39. The second-order valence-electron chi connectivity index (χ2n) is 6.36. The predicted molar refractivity (Wildman–Crippen MR) is 98.1 cm³/mol. The van der Waals surface area contributed by atoms with Crippen molar-refractivity contribution >= 4 is 5.69 Å². The third-order valence-corrected chi connectivity index (χ3v) is 4.96. The molecule has 2 aromatic rings. The molecule has 3 rings (SSSR count). The number of fused-ring (bicyclic) bond motifs is 1. The van der Waals surface area contributed by atoms with E-state index >= 15 is 0 Å². The Hall–Kier alpha value is -2.98. The van der Waals surface area contributed by atoms with Crippen molar-refractivity contribution in [2.24, 2.45) is 0 Å². The van der Waals surface area contributed by atoms with Gasteiger partial charge in [-0.15, -0.1) is 0 Å². The summed E-state index contributed by atoms with van der Waals surface area (Å²) in [5.74, 6) is 0.770. The zero-order valence-corrected chi connectivity index (χ0v) is 14.4. The Morgan fingerprint density at radius 2 is 1.48 bits per heavy atom. The summed E-state index contributed by atoms with van der Waals surface area (Å²) in [5.41, 5.74) is 11.5. The highest BCUT2D eigenvalue weighted by molar-refractivity contribution is 5.85. The first-order valence-corrected chi connectivity index (χ1v) is 8.63. The number of methoxy groups -OCH3 is 1. The molecule has 2 N–H and O–H groups in total. The van der Waals surface area contributed by atoms with Crippen LogP contribution in [0.5, 0.6) is 5.75 Å². The summed E-state index contributed by atoms with van der Waals surface area (Å²) in [7, 11) is 1.63. The third kappa shape index (κ3) is 3.04. The summed E-state index contributed by atoms with van der Waals surface area (Å²) >= 11 is 0. The smallest absolute Gasteiger partial charge is 0.118 e. The van der Waals surface area contributed by atoms with Crippen LogP contribution >= 0.6 is 0 Å². The number of anilines is 1. The van der Waals surface area contributed by atoms with Gasteiger partial charge in [-0.25, -0.2) is 0 Å². The summed E-state index contributed by atoms with van der Waals surface area (Å²) in [6.45, 7) is 0. The van der Waals surface area contributed by atoms with Crippen LogP contribution in [0.3, 0.4) is 0 Å². The van der Waals surface area contributed by atoms with E-state index in [-0.39, 0.29) is 0 Å². The molecule has 4 nitrogen and oxygen atoms in total. The summed E-state index contributed by atoms with van der Waals surface area (Å²) in [6.07, 6.45) is 6.18. The highest BCUT2D eigenvalue weighted by Gasteiger charge is 2.24. The fourth-order valence-corrected chi connectivity index (χ4v) is 3.70. The van der Waals surface area contributed by atoms with Crippen molar-refractivity contribution < 1.29 is 4.74 Å². The van der Waals surface area contributed by atoms with Gasteiger partial charge in [0.25, 0.3) is 0 Å². The SMILES string of the molecule is COc1ccc(-c2c(C#N)c(N)c(C#N)c3c2CCCCCC3)cc1. The largest absolute Gasteiger partial charge is 0.497 e. The van der Waals surface area contributed by atoms with Crippen LogP contribution in [0.4, 0.5) is 5.69 Å². The Morgan fingerprint density at radius 3 is 2.04 bits per heavy atom. The van der Waals surface area contributed by atoms with Crippen LogP contribution in [-0.4, -0.2) is 7.11 Å². The Kier molecular flexibility index (Phi) is 4.91. The predicted octanol–water partition coefficient (Wildman–Crippen LogP) is 4.35. The molecule has 2 aromatic carbocycles. The first-order chi connectivity index (χ1) is 12.2. The molecule has 0 bridgehead atoms. The van der Waals surface area contributed by atoms with Gasteiger partial charge >= 0.3 is 0 Å². The van der Waals surface area contributed by atoms with E-state index in [1.807, 2.05) is 24.3 Å². The van der Waals surface area contributed by atoms with Crippen molar-refractivity contribution in [1.29, 1.82) is 10.5 Å². The average molecular weight is 331 g/mol. The van der Waals surface area contributed by atoms with E-state index in [1.165, 1.54) is 12.8 Å². The topological polar surface area (TPSA) is 82.8 Å². The van der Waals surface area contributed by atoms with Gasteiger partial charge in [-0.05, 0) is 54.5 Å². The number of ether oxygens (including phenoxy) is 1. The van der Waals surface area contributed by atoms with Crippen LogP contribution < -0.4 is 10.5 Å². The van der Waals surface area contributed by atoms with Crippen molar-refractivity contribution in [3.63, 3.8) is 0 Å². The monoisotopic (exact) mass is 331 g/mol. The molecule has 0 aliphatic heterocycles. The minimum Gasteiger partial charge on any atom is -0.497 e. The van der Waals surface area contributed by atoms with Crippen LogP contribution in [0.25, 0.3) is 11.1 Å². The molecular formula is C21H21N3O. The number of hydrogen-bond donors (Lipinski definition) is 1. The summed E-state index contributed by atoms with van der Waals surface area (Å²) in [5, 5.41) is 19.4. The van der Waals surface area contributed by atoms with Crippen LogP contribution in [0.2, 0.25) is 0 Å². The lowest BCUT2D eigenvalue weighted by Gasteiger charge is -2.22. The quantitative estimate of drug-likeness (QED) is 0.829. The molecule has 0 saturated carbocycles. The van der Waals surface area contributed by atoms with Gasteiger partial charge in [0.2, 0.25) is 0 Å². The van der Waals surface area contributed by atoms with Gasteiger partial charge in [0.1, 0.15) is 17.9 Å². The fourth-order valence-electron chi connectivity index (χ4n) is 3.70. The number of nitrogen functional groups attached to an aromatic ring is 1. The Bertz CT molecular complexity index is 870. The van der Waals surface area contributed by atoms with Crippen molar-refractivity contribution in [3.8, 4) is 29.0 Å². The first kappa shape index (κ1) is 16.9. The highest BCUT2D eigenvalue weighted by atomic mass is 16.5. The normalized spacial score (nSPS) is 13.7. The van der Waals surface area contributed by atoms with Crippen molar-refractivity contribution in [2.45, 2.75) is 38.5 Å². The van der Waals surface area contributed by atoms with Gasteiger partial charge in [-0.3, -0.25) is 0 Å². The zero-order chi connectivity index (χ0) is 17.8. The van der Waals surface area contributed by atoms with E-state index in [4.69, 9.17) is 10.5 Å². The minimum absolute atomic E-state index is 0.315. The molecule has 0 atom stereocenters. The van der Waals surface area contributed by atoms with Crippen LogP contribution in [0, 0.1) is 22.7 Å². The molecule has 0 heterocycles. The molecule has 0 radical (unpaired) electrons. The number of nitrogens with zero attached hydrogens (tertiary/aromatic N) is 2. The van der Waals surface area contributed by atoms with E-state index in [0.717, 1.165) is 53.7 Å². The van der Waals surface area contributed by atoms with E-state index in [2.05, 4.69) is 12.1 Å². The van der Waals surface area contributed by atoms with Gasteiger partial charge in [-0.1, -0.05) is 25.0 Å². The van der Waals surface area contributed by atoms with Gasteiger partial charge in [0.15, 0.2) is 0 Å². The summed E-state index contributed by atoms with van der Waals surface area (Å²) in [4.78, 5) is 0. The lowest BCUT2D eigenvalue weighted by atomic mass is 9.81. The van der Waals surface area contributed by atoms with Gasteiger partial charge in [-0.2, -0.15) is 10.5 Å². The first-order valence-electron chi connectivity index (χ1n) is 8.63. The van der Waals surface area contributed by atoms with Gasteiger partial charge in [0.05, 0.1) is 23.9 Å². The van der Waals surface area contributed by atoms with Crippen LogP contribution in [0.1, 0.15) is 47.9 Å². The van der Waals surface area contributed by atoms with E-state index in [0.29, 0.717) is 16.8 Å². The van der Waals surface area contributed by atoms with Gasteiger partial charge < -0.3 is 10.5 Å². The number of benzene rings is 2. The molecule has 0 spiro atoms. The van der Waals surface area contributed by atoms with E-state index in [1.54, 1.807) is 7.11 Å². The number of nitriles is 2. The molecule has 25 heavy (non-hydrogen) atoms. The fraction of sp³-hybridized carbons (Fsp3) is 0.333. The molecule has 4 heteroatoms. The molecule has 0 unspecified atom stereocenters. The lowest BCUT2D eigenvalue weighted by Crippen LogP contribution is -2.10. The van der Waals surface area contributed by atoms with Crippen LogP contribution in [-0.2, 0) is 12.8 Å². The number of hydrogen-bond acceptors (Lipinski definition) is 4. The molecule has 0 aromatic heterocycles. The third-order valence-electron chi connectivity index (χ3n) is 4.96. The number of rotatable bonds is 2.